The summed E-state index contributed by atoms with van der Waals surface area (Å²) < 4.78 is 5.33. The van der Waals surface area contributed by atoms with Gasteiger partial charge in [0.15, 0.2) is 0 Å². The third-order valence-electron chi connectivity index (χ3n) is 3.91. The molecule has 0 radical (unpaired) electrons. The summed E-state index contributed by atoms with van der Waals surface area (Å²) in [7, 11) is 1.76. The lowest BCUT2D eigenvalue weighted by Gasteiger charge is -2.30. The number of hydrogen-bond donors (Lipinski definition) is 1. The first-order valence-corrected chi connectivity index (χ1v) is 7.32. The first kappa shape index (κ1) is 14.4. The van der Waals surface area contributed by atoms with Gasteiger partial charge in [-0.25, -0.2) is 0 Å². The van der Waals surface area contributed by atoms with Gasteiger partial charge < -0.3 is 14.6 Å². The van der Waals surface area contributed by atoms with E-state index in [1.54, 1.807) is 30.3 Å². The number of nitrogens with zero attached hydrogens (tertiary/aromatic N) is 1. The van der Waals surface area contributed by atoms with Crippen molar-refractivity contribution in [1.82, 2.24) is 10.2 Å². The van der Waals surface area contributed by atoms with Crippen LogP contribution in [0.1, 0.15) is 23.2 Å². The molecule has 1 atom stereocenters. The van der Waals surface area contributed by atoms with Gasteiger partial charge in [0.1, 0.15) is 5.76 Å². The number of likely N-dealkylation sites (N-methyl/N-ethyl adjacent to an activating group) is 1. The van der Waals surface area contributed by atoms with Crippen LogP contribution in [0.2, 0.25) is 0 Å². The Morgan fingerprint density at radius 1 is 1.27 bits per heavy atom. The molecule has 1 aromatic heterocycles. The number of piperidine rings is 1. The third kappa shape index (κ3) is 3.03. The second kappa shape index (κ2) is 6.05. The third-order valence-corrected chi connectivity index (χ3v) is 3.91. The summed E-state index contributed by atoms with van der Waals surface area (Å²) >= 11 is 0. The molecule has 2 amide bonds. The molecule has 2 aromatic rings. The zero-order chi connectivity index (χ0) is 15.5. The largest absolute Gasteiger partial charge is 0.464 e. The van der Waals surface area contributed by atoms with Crippen LogP contribution in [0.3, 0.4) is 0 Å². The zero-order valence-corrected chi connectivity index (χ0v) is 12.4. The summed E-state index contributed by atoms with van der Waals surface area (Å²) in [6.07, 6.45) is 2.80. The minimum Gasteiger partial charge on any atom is -0.464 e. The van der Waals surface area contributed by atoms with Crippen LogP contribution < -0.4 is 5.32 Å². The Morgan fingerprint density at radius 3 is 2.68 bits per heavy atom. The molecule has 3 rings (SSSR count). The van der Waals surface area contributed by atoms with Crippen molar-refractivity contribution in [3.05, 3.63) is 48.2 Å². The van der Waals surface area contributed by atoms with E-state index in [-0.39, 0.29) is 17.9 Å². The van der Waals surface area contributed by atoms with E-state index in [4.69, 9.17) is 4.42 Å². The van der Waals surface area contributed by atoms with E-state index in [9.17, 15) is 9.59 Å². The van der Waals surface area contributed by atoms with Crippen LogP contribution >= 0.6 is 0 Å². The zero-order valence-electron chi connectivity index (χ0n) is 12.4. The van der Waals surface area contributed by atoms with E-state index in [1.165, 1.54) is 0 Å². The van der Waals surface area contributed by atoms with Crippen molar-refractivity contribution in [2.75, 3.05) is 13.6 Å². The van der Waals surface area contributed by atoms with Gasteiger partial charge in [0.05, 0.1) is 6.26 Å². The van der Waals surface area contributed by atoms with Crippen LogP contribution in [0.25, 0.3) is 11.3 Å². The van der Waals surface area contributed by atoms with Gasteiger partial charge in [0.25, 0.3) is 5.91 Å². The van der Waals surface area contributed by atoms with Gasteiger partial charge in [-0.3, -0.25) is 9.59 Å². The summed E-state index contributed by atoms with van der Waals surface area (Å²) in [4.78, 5) is 25.4. The number of carbonyl (C=O) groups excluding carboxylic acids is 2. The fourth-order valence-corrected chi connectivity index (χ4v) is 2.63. The second-order valence-electron chi connectivity index (χ2n) is 5.54. The van der Waals surface area contributed by atoms with Crippen molar-refractivity contribution < 1.29 is 14.0 Å². The van der Waals surface area contributed by atoms with Crippen molar-refractivity contribution in [2.45, 2.75) is 18.9 Å². The summed E-state index contributed by atoms with van der Waals surface area (Å²) in [5.74, 6) is 0.798. The lowest BCUT2D eigenvalue weighted by atomic mass is 10.0. The topological polar surface area (TPSA) is 62.6 Å². The summed E-state index contributed by atoms with van der Waals surface area (Å²) in [5, 5.41) is 2.98. The molecule has 0 unspecified atom stereocenters. The van der Waals surface area contributed by atoms with E-state index in [2.05, 4.69) is 5.32 Å². The van der Waals surface area contributed by atoms with Crippen LogP contribution in [0.4, 0.5) is 0 Å². The molecule has 1 aromatic carbocycles. The smallest absolute Gasteiger partial charge is 0.251 e. The van der Waals surface area contributed by atoms with Gasteiger partial charge in [0.2, 0.25) is 5.91 Å². The maximum absolute atomic E-state index is 12.3. The molecule has 1 aliphatic rings. The SMILES string of the molecule is CN1C[C@@H](NC(=O)c2ccc(-c3ccco3)cc2)CCC1=O. The first-order valence-electron chi connectivity index (χ1n) is 7.32. The van der Waals surface area contributed by atoms with Crippen molar-refractivity contribution in [1.29, 1.82) is 0 Å². The highest BCUT2D eigenvalue weighted by molar-refractivity contribution is 5.95. The van der Waals surface area contributed by atoms with Crippen LogP contribution in [0.15, 0.2) is 47.1 Å². The maximum Gasteiger partial charge on any atom is 0.251 e. The van der Waals surface area contributed by atoms with Crippen LogP contribution in [0, 0.1) is 0 Å². The predicted octanol–water partition coefficient (Wildman–Crippen LogP) is 2.30. The molecule has 1 N–H and O–H groups in total. The molecule has 0 saturated carbocycles. The van der Waals surface area contributed by atoms with Crippen molar-refractivity contribution in [3.63, 3.8) is 0 Å². The highest BCUT2D eigenvalue weighted by atomic mass is 16.3. The van der Waals surface area contributed by atoms with E-state index >= 15 is 0 Å². The quantitative estimate of drug-likeness (QED) is 0.945. The first-order chi connectivity index (χ1) is 10.6. The normalized spacial score (nSPS) is 18.3. The fraction of sp³-hybridized carbons (Fsp3) is 0.294. The predicted molar refractivity (Wildman–Crippen MR) is 82.3 cm³/mol. The minimum absolute atomic E-state index is 0.0138. The van der Waals surface area contributed by atoms with Gasteiger partial charge in [-0.15, -0.1) is 0 Å². The molecule has 1 saturated heterocycles. The number of amides is 2. The Morgan fingerprint density at radius 2 is 2.05 bits per heavy atom. The Labute approximate surface area is 128 Å². The lowest BCUT2D eigenvalue weighted by molar-refractivity contribution is -0.132. The van der Waals surface area contributed by atoms with Gasteiger partial charge in [0, 0.05) is 37.2 Å². The number of nitrogens with one attached hydrogen (secondary N) is 1. The molecule has 1 fully saturated rings. The van der Waals surface area contributed by atoms with E-state index < -0.39 is 0 Å². The highest BCUT2D eigenvalue weighted by Crippen LogP contribution is 2.20. The molecule has 2 heterocycles. The molecular formula is C17H18N2O3. The van der Waals surface area contributed by atoms with Crippen LogP contribution in [-0.4, -0.2) is 36.3 Å². The van der Waals surface area contributed by atoms with Gasteiger partial charge in [-0.2, -0.15) is 0 Å². The summed E-state index contributed by atoms with van der Waals surface area (Å²) in [6, 6.07) is 11.0. The van der Waals surface area contributed by atoms with Gasteiger partial charge >= 0.3 is 0 Å². The second-order valence-corrected chi connectivity index (χ2v) is 5.54. The minimum atomic E-state index is -0.112. The number of furan rings is 1. The number of carbonyl (C=O) groups is 2. The Hall–Kier alpha value is -2.56. The summed E-state index contributed by atoms with van der Waals surface area (Å²) in [6.45, 7) is 0.565. The fourth-order valence-electron chi connectivity index (χ4n) is 2.63. The average molecular weight is 298 g/mol. The van der Waals surface area contributed by atoms with E-state index in [0.717, 1.165) is 11.3 Å². The molecule has 114 valence electrons. The van der Waals surface area contributed by atoms with Crippen LogP contribution in [-0.2, 0) is 4.79 Å². The van der Waals surface area contributed by atoms with Gasteiger partial charge in [-0.05, 0) is 30.7 Å². The Balaban J connectivity index is 1.64. The Bertz CT molecular complexity index is 662. The molecule has 0 aliphatic carbocycles. The van der Waals surface area contributed by atoms with Crippen molar-refractivity contribution in [3.8, 4) is 11.3 Å². The average Bonchev–Trinajstić information content (AvgIpc) is 3.05. The van der Waals surface area contributed by atoms with E-state index in [0.29, 0.717) is 24.9 Å². The van der Waals surface area contributed by atoms with E-state index in [1.807, 2.05) is 24.3 Å². The molecule has 5 heteroatoms. The molecule has 5 nitrogen and oxygen atoms in total. The molecule has 0 bridgehead atoms. The number of likely N-dealkylation sites (tertiary alicyclic amines) is 1. The molecule has 0 spiro atoms. The van der Waals surface area contributed by atoms with Crippen molar-refractivity contribution >= 4 is 11.8 Å². The summed E-state index contributed by atoms with van der Waals surface area (Å²) in [5.41, 5.74) is 1.54. The molecular weight excluding hydrogens is 280 g/mol. The van der Waals surface area contributed by atoms with Crippen molar-refractivity contribution in [2.24, 2.45) is 0 Å². The molecule has 1 aliphatic heterocycles. The lowest BCUT2D eigenvalue weighted by Crippen LogP contribution is -2.48. The van der Waals surface area contributed by atoms with Crippen LogP contribution in [0.5, 0.6) is 0 Å². The number of rotatable bonds is 3. The molecule has 22 heavy (non-hydrogen) atoms. The standard InChI is InChI=1S/C17H18N2O3/c1-19-11-14(8-9-16(19)20)18-17(21)13-6-4-12(5-7-13)15-3-2-10-22-15/h2-7,10,14H,8-9,11H2,1H3,(H,18,21)/t14-/m0/s1. The highest BCUT2D eigenvalue weighted by Gasteiger charge is 2.24. The number of benzene rings is 1. The van der Waals surface area contributed by atoms with Gasteiger partial charge in [-0.1, -0.05) is 12.1 Å². The monoisotopic (exact) mass is 298 g/mol. The number of hydrogen-bond acceptors (Lipinski definition) is 3. The Kier molecular flexibility index (Phi) is 3.96. The maximum atomic E-state index is 12.3.